The lowest BCUT2D eigenvalue weighted by Gasteiger charge is -2.04. The number of hydrogen-bond acceptors (Lipinski definition) is 4. The molecule has 2 rings (SSSR count). The molecule has 0 aliphatic rings. The number of carbonyl (C=O) groups excluding carboxylic acids is 1. The van der Waals surface area contributed by atoms with Crippen LogP contribution in [0.15, 0.2) is 53.8 Å². The Labute approximate surface area is 117 Å². The fourth-order valence-corrected chi connectivity index (χ4v) is 1.60. The lowest BCUT2D eigenvalue weighted by molar-refractivity contribution is 0.0950. The summed E-state index contributed by atoms with van der Waals surface area (Å²) in [5.74, 6) is 0.404. The molecule has 102 valence electrons. The van der Waals surface area contributed by atoms with Gasteiger partial charge in [-0.3, -0.25) is 9.78 Å². The van der Waals surface area contributed by atoms with Gasteiger partial charge in [-0.1, -0.05) is 18.2 Å². The monoisotopic (exact) mass is 269 g/mol. The van der Waals surface area contributed by atoms with Crippen molar-refractivity contribution in [2.75, 3.05) is 7.11 Å². The number of pyridine rings is 1. The second-order valence-electron chi connectivity index (χ2n) is 4.09. The number of amides is 1. The predicted molar refractivity (Wildman–Crippen MR) is 76.9 cm³/mol. The van der Waals surface area contributed by atoms with Gasteiger partial charge in [-0.2, -0.15) is 5.10 Å². The molecule has 0 saturated heterocycles. The topological polar surface area (TPSA) is 63.6 Å². The summed E-state index contributed by atoms with van der Waals surface area (Å²) in [6.45, 7) is 1.81. The van der Waals surface area contributed by atoms with Crippen molar-refractivity contribution in [3.63, 3.8) is 0 Å². The third kappa shape index (κ3) is 3.41. The van der Waals surface area contributed by atoms with Crippen molar-refractivity contribution in [3.05, 3.63) is 59.9 Å². The fraction of sp³-hybridized carbons (Fsp3) is 0.133. The minimum Gasteiger partial charge on any atom is -0.497 e. The number of hydrazone groups is 1. The second kappa shape index (κ2) is 6.47. The van der Waals surface area contributed by atoms with Crippen LogP contribution in [0.3, 0.4) is 0 Å². The maximum atomic E-state index is 11.8. The number of ether oxygens (including phenoxy) is 1. The summed E-state index contributed by atoms with van der Waals surface area (Å²) >= 11 is 0. The fourth-order valence-electron chi connectivity index (χ4n) is 1.60. The molecule has 5 heteroatoms. The van der Waals surface area contributed by atoms with Crippen LogP contribution < -0.4 is 10.2 Å². The van der Waals surface area contributed by atoms with E-state index >= 15 is 0 Å². The predicted octanol–water partition coefficient (Wildman–Crippen LogP) is 2.24. The first-order chi connectivity index (χ1) is 9.70. The molecular weight excluding hydrogens is 254 g/mol. The first-order valence-electron chi connectivity index (χ1n) is 6.11. The zero-order valence-electron chi connectivity index (χ0n) is 11.3. The van der Waals surface area contributed by atoms with Gasteiger partial charge in [-0.05, 0) is 31.2 Å². The van der Waals surface area contributed by atoms with Crippen molar-refractivity contribution in [2.45, 2.75) is 6.92 Å². The number of methoxy groups -OCH3 is 1. The Kier molecular flexibility index (Phi) is 4.44. The molecule has 2 aromatic rings. The highest BCUT2D eigenvalue weighted by molar-refractivity contribution is 6.00. The third-order valence-electron chi connectivity index (χ3n) is 2.71. The first kappa shape index (κ1) is 13.7. The van der Waals surface area contributed by atoms with Gasteiger partial charge < -0.3 is 4.74 Å². The number of hydrogen-bond donors (Lipinski definition) is 1. The highest BCUT2D eigenvalue weighted by atomic mass is 16.5. The van der Waals surface area contributed by atoms with Crippen LogP contribution in [-0.4, -0.2) is 23.7 Å². The number of nitrogens with zero attached hydrogens (tertiary/aromatic N) is 2. The molecule has 1 amide bonds. The van der Waals surface area contributed by atoms with Crippen LogP contribution in [0.2, 0.25) is 0 Å². The summed E-state index contributed by atoms with van der Waals surface area (Å²) in [5.41, 5.74) is 4.38. The first-order valence-corrected chi connectivity index (χ1v) is 6.11. The van der Waals surface area contributed by atoms with Gasteiger partial charge in [0.1, 0.15) is 11.4 Å². The van der Waals surface area contributed by atoms with E-state index in [1.807, 2.05) is 31.2 Å². The summed E-state index contributed by atoms with van der Waals surface area (Å²) < 4.78 is 5.15. The maximum absolute atomic E-state index is 11.8. The minimum absolute atomic E-state index is 0.328. The van der Waals surface area contributed by atoms with Crippen LogP contribution in [0, 0.1) is 0 Å². The van der Waals surface area contributed by atoms with E-state index in [1.54, 1.807) is 31.5 Å². The van der Waals surface area contributed by atoms with E-state index in [1.165, 1.54) is 0 Å². The van der Waals surface area contributed by atoms with Gasteiger partial charge in [0.15, 0.2) is 0 Å². The molecule has 0 radical (unpaired) electrons. The van der Waals surface area contributed by atoms with Crippen LogP contribution in [0.4, 0.5) is 0 Å². The SMILES string of the molecule is COc1cccc(C(C)=NNC(=O)c2ccccn2)c1. The number of carbonyl (C=O) groups is 1. The summed E-state index contributed by atoms with van der Waals surface area (Å²) in [6, 6.07) is 12.6. The molecular formula is C15H15N3O2. The van der Waals surface area contributed by atoms with Gasteiger partial charge in [-0.25, -0.2) is 5.43 Å². The molecule has 0 atom stereocenters. The minimum atomic E-state index is -0.340. The average molecular weight is 269 g/mol. The summed E-state index contributed by atoms with van der Waals surface area (Å²) in [7, 11) is 1.61. The van der Waals surface area contributed by atoms with E-state index in [0.29, 0.717) is 11.4 Å². The molecule has 0 spiro atoms. The van der Waals surface area contributed by atoms with E-state index in [4.69, 9.17) is 4.74 Å². The van der Waals surface area contributed by atoms with E-state index in [2.05, 4.69) is 15.5 Å². The van der Waals surface area contributed by atoms with Crippen molar-refractivity contribution >= 4 is 11.6 Å². The Bertz CT molecular complexity index is 624. The number of benzene rings is 1. The molecule has 0 bridgehead atoms. The zero-order chi connectivity index (χ0) is 14.4. The lowest BCUT2D eigenvalue weighted by atomic mass is 10.1. The van der Waals surface area contributed by atoms with Crippen molar-refractivity contribution in [1.29, 1.82) is 0 Å². The number of aromatic nitrogens is 1. The van der Waals surface area contributed by atoms with Crippen LogP contribution in [0.5, 0.6) is 5.75 Å². The number of rotatable bonds is 4. The summed E-state index contributed by atoms with van der Waals surface area (Å²) in [5, 5.41) is 4.07. The molecule has 1 heterocycles. The van der Waals surface area contributed by atoms with Crippen LogP contribution in [0.1, 0.15) is 23.0 Å². The highest BCUT2D eigenvalue weighted by Crippen LogP contribution is 2.13. The molecule has 0 fully saturated rings. The summed E-state index contributed by atoms with van der Waals surface area (Å²) in [6.07, 6.45) is 1.56. The Morgan fingerprint density at radius 2 is 2.10 bits per heavy atom. The molecule has 5 nitrogen and oxygen atoms in total. The van der Waals surface area contributed by atoms with Gasteiger partial charge in [0.25, 0.3) is 5.91 Å². The highest BCUT2D eigenvalue weighted by Gasteiger charge is 2.05. The van der Waals surface area contributed by atoms with Crippen LogP contribution >= 0.6 is 0 Å². The molecule has 1 N–H and O–H groups in total. The average Bonchev–Trinajstić information content (AvgIpc) is 2.53. The van der Waals surface area contributed by atoms with Crippen molar-refractivity contribution < 1.29 is 9.53 Å². The summed E-state index contributed by atoms with van der Waals surface area (Å²) in [4.78, 5) is 15.8. The Morgan fingerprint density at radius 1 is 1.25 bits per heavy atom. The number of nitrogens with one attached hydrogen (secondary N) is 1. The van der Waals surface area contributed by atoms with E-state index < -0.39 is 0 Å². The quantitative estimate of drug-likeness (QED) is 0.684. The van der Waals surface area contributed by atoms with Gasteiger partial charge >= 0.3 is 0 Å². The van der Waals surface area contributed by atoms with E-state index in [9.17, 15) is 4.79 Å². The van der Waals surface area contributed by atoms with E-state index in [0.717, 1.165) is 11.3 Å². The van der Waals surface area contributed by atoms with E-state index in [-0.39, 0.29) is 5.91 Å². The lowest BCUT2D eigenvalue weighted by Crippen LogP contribution is -2.20. The van der Waals surface area contributed by atoms with Crippen LogP contribution in [-0.2, 0) is 0 Å². The molecule has 0 aliphatic heterocycles. The molecule has 0 unspecified atom stereocenters. The molecule has 1 aromatic carbocycles. The van der Waals surface area contributed by atoms with Crippen molar-refractivity contribution in [2.24, 2.45) is 5.10 Å². The van der Waals surface area contributed by atoms with Gasteiger partial charge in [0.05, 0.1) is 12.8 Å². The van der Waals surface area contributed by atoms with Gasteiger partial charge in [0, 0.05) is 11.8 Å². The molecule has 0 saturated carbocycles. The second-order valence-corrected chi connectivity index (χ2v) is 4.09. The van der Waals surface area contributed by atoms with Crippen LogP contribution in [0.25, 0.3) is 0 Å². The third-order valence-corrected chi connectivity index (χ3v) is 2.71. The molecule has 20 heavy (non-hydrogen) atoms. The zero-order valence-corrected chi connectivity index (χ0v) is 11.3. The Balaban J connectivity index is 2.09. The maximum Gasteiger partial charge on any atom is 0.289 e. The molecule has 1 aromatic heterocycles. The smallest absolute Gasteiger partial charge is 0.289 e. The normalized spacial score (nSPS) is 11.0. The van der Waals surface area contributed by atoms with Crippen molar-refractivity contribution in [3.8, 4) is 5.75 Å². The van der Waals surface area contributed by atoms with Crippen molar-refractivity contribution in [1.82, 2.24) is 10.4 Å². The Hall–Kier alpha value is -2.69. The Morgan fingerprint density at radius 3 is 2.80 bits per heavy atom. The van der Waals surface area contributed by atoms with Gasteiger partial charge in [-0.15, -0.1) is 0 Å². The van der Waals surface area contributed by atoms with Gasteiger partial charge in [0.2, 0.25) is 0 Å². The standard InChI is InChI=1S/C15H15N3O2/c1-11(12-6-5-7-13(10-12)20-2)17-18-15(19)14-8-3-4-9-16-14/h3-10H,1-2H3,(H,18,19). The largest absolute Gasteiger partial charge is 0.497 e. The molecule has 0 aliphatic carbocycles.